The molecule has 7 heteroatoms. The average molecular weight is 473 g/mol. The summed E-state index contributed by atoms with van der Waals surface area (Å²) in [4.78, 5) is 36.4. The Morgan fingerprint density at radius 2 is 1.46 bits per heavy atom. The van der Waals surface area contributed by atoms with Crippen molar-refractivity contribution in [2.24, 2.45) is 0 Å². The van der Waals surface area contributed by atoms with E-state index in [9.17, 15) is 19.5 Å². The maximum absolute atomic E-state index is 12.6. The Kier molecular flexibility index (Phi) is 6.60. The van der Waals surface area contributed by atoms with E-state index in [0.29, 0.717) is 11.3 Å². The summed E-state index contributed by atoms with van der Waals surface area (Å²) in [5.41, 5.74) is 4.59. The molecule has 1 aliphatic carbocycles. The van der Waals surface area contributed by atoms with Crippen LogP contribution in [0.4, 0.5) is 10.5 Å². The van der Waals surface area contributed by atoms with Crippen molar-refractivity contribution in [2.45, 2.75) is 38.1 Å². The molecule has 0 spiro atoms. The number of carboxylic acid groups (broad SMARTS) is 1. The van der Waals surface area contributed by atoms with Gasteiger partial charge in [-0.1, -0.05) is 60.7 Å². The van der Waals surface area contributed by atoms with Gasteiger partial charge in [-0.2, -0.15) is 0 Å². The van der Waals surface area contributed by atoms with Crippen LogP contribution in [0.3, 0.4) is 0 Å². The number of anilines is 1. The molecule has 1 aliphatic rings. The maximum Gasteiger partial charge on any atom is 0.407 e. The van der Waals surface area contributed by atoms with Crippen LogP contribution in [0.1, 0.15) is 43.4 Å². The van der Waals surface area contributed by atoms with Crippen LogP contribution in [-0.4, -0.2) is 35.7 Å². The highest BCUT2D eigenvalue weighted by Crippen LogP contribution is 2.44. The normalized spacial score (nSPS) is 13.3. The highest BCUT2D eigenvalue weighted by atomic mass is 16.5. The largest absolute Gasteiger partial charge is 0.481 e. The Balaban J connectivity index is 1.33. The van der Waals surface area contributed by atoms with Crippen molar-refractivity contribution in [3.63, 3.8) is 0 Å². The number of fused-ring (bicyclic) bond motifs is 3. The lowest BCUT2D eigenvalue weighted by Crippen LogP contribution is -2.42. The zero-order valence-corrected chi connectivity index (χ0v) is 19.9. The monoisotopic (exact) mass is 472 g/mol. The second-order valence-electron chi connectivity index (χ2n) is 9.19. The predicted molar refractivity (Wildman–Crippen MR) is 133 cm³/mol. The zero-order valence-electron chi connectivity index (χ0n) is 19.9. The van der Waals surface area contributed by atoms with Gasteiger partial charge < -0.3 is 20.5 Å². The summed E-state index contributed by atoms with van der Waals surface area (Å²) >= 11 is 0. The van der Waals surface area contributed by atoms with E-state index in [0.717, 1.165) is 22.3 Å². The number of carboxylic acids is 1. The molecule has 0 bridgehead atoms. The number of rotatable bonds is 7. The first kappa shape index (κ1) is 24.0. The molecule has 3 aromatic carbocycles. The van der Waals surface area contributed by atoms with Crippen molar-refractivity contribution in [3.8, 4) is 11.1 Å². The first-order chi connectivity index (χ1) is 16.7. The van der Waals surface area contributed by atoms with Crippen LogP contribution < -0.4 is 10.6 Å². The number of nitrogens with one attached hydrogen (secondary N) is 2. The van der Waals surface area contributed by atoms with Crippen molar-refractivity contribution < 1.29 is 24.2 Å². The molecule has 0 unspecified atom stereocenters. The lowest BCUT2D eigenvalue weighted by atomic mass is 9.85. The van der Waals surface area contributed by atoms with Crippen LogP contribution in [0.2, 0.25) is 0 Å². The molecular weight excluding hydrogens is 444 g/mol. The number of aliphatic carboxylic acids is 1. The van der Waals surface area contributed by atoms with Crippen molar-refractivity contribution in [3.05, 3.63) is 89.5 Å². The first-order valence-electron chi connectivity index (χ1n) is 11.4. The Bertz CT molecular complexity index is 1220. The van der Waals surface area contributed by atoms with Gasteiger partial charge in [0, 0.05) is 11.6 Å². The minimum absolute atomic E-state index is 0.0640. The summed E-state index contributed by atoms with van der Waals surface area (Å²) in [7, 11) is 0. The topological polar surface area (TPSA) is 105 Å². The Hall–Kier alpha value is -4.13. The van der Waals surface area contributed by atoms with Crippen LogP contribution >= 0.6 is 0 Å². The molecule has 0 aromatic heterocycles. The van der Waals surface area contributed by atoms with Gasteiger partial charge in [0.15, 0.2) is 0 Å². The van der Waals surface area contributed by atoms with Crippen molar-refractivity contribution >= 4 is 23.7 Å². The van der Waals surface area contributed by atoms with Gasteiger partial charge in [0.2, 0.25) is 5.91 Å². The van der Waals surface area contributed by atoms with Gasteiger partial charge in [-0.05, 0) is 60.7 Å². The molecule has 3 N–H and O–H groups in total. The minimum Gasteiger partial charge on any atom is -0.481 e. The second kappa shape index (κ2) is 9.62. The van der Waals surface area contributed by atoms with Gasteiger partial charge in [-0.15, -0.1) is 0 Å². The van der Waals surface area contributed by atoms with E-state index in [-0.39, 0.29) is 12.5 Å². The summed E-state index contributed by atoms with van der Waals surface area (Å²) in [6.45, 7) is 4.96. The lowest BCUT2D eigenvalue weighted by Gasteiger charge is -2.20. The van der Waals surface area contributed by atoms with Crippen LogP contribution in [0.5, 0.6) is 0 Å². The third kappa shape index (κ3) is 4.89. The number of alkyl carbamates (subject to hydrolysis) is 1. The van der Waals surface area contributed by atoms with Crippen molar-refractivity contribution in [2.75, 3.05) is 11.9 Å². The molecule has 0 fully saturated rings. The quantitative estimate of drug-likeness (QED) is 0.453. The molecule has 0 saturated heterocycles. The summed E-state index contributed by atoms with van der Waals surface area (Å²) in [6.07, 6.45) is -0.673. The van der Waals surface area contributed by atoms with Gasteiger partial charge in [0.05, 0.1) is 5.41 Å². The number of benzene rings is 3. The molecule has 1 atom stereocenters. The second-order valence-corrected chi connectivity index (χ2v) is 9.19. The smallest absolute Gasteiger partial charge is 0.407 e. The third-order valence-corrected chi connectivity index (χ3v) is 6.48. The molecule has 3 aromatic rings. The highest BCUT2D eigenvalue weighted by molar-refractivity contribution is 5.96. The molecule has 0 radical (unpaired) electrons. The van der Waals surface area contributed by atoms with E-state index in [1.54, 1.807) is 45.0 Å². The molecule has 0 heterocycles. The van der Waals surface area contributed by atoms with Gasteiger partial charge in [-0.25, -0.2) is 4.79 Å². The van der Waals surface area contributed by atoms with E-state index in [4.69, 9.17) is 4.74 Å². The predicted octanol–water partition coefficient (Wildman–Crippen LogP) is 4.91. The molecule has 180 valence electrons. The Morgan fingerprint density at radius 3 is 2.00 bits per heavy atom. The van der Waals surface area contributed by atoms with Crippen molar-refractivity contribution in [1.29, 1.82) is 0 Å². The standard InChI is InChI=1S/C28H28N2O5/c1-17(25(31)30-19-14-12-18(13-15-19)28(2,3)26(32)33)29-27(34)35-16-24-22-10-6-4-8-20(22)21-9-5-7-11-23(21)24/h4-15,17,24H,16H2,1-3H3,(H,29,34)(H,30,31)(H,32,33)/t17-/m0/s1. The van der Waals surface area contributed by atoms with E-state index in [1.807, 2.05) is 36.4 Å². The Labute approximate surface area is 204 Å². The van der Waals surface area contributed by atoms with Gasteiger partial charge in [0.25, 0.3) is 0 Å². The molecule has 0 saturated carbocycles. The molecule has 7 nitrogen and oxygen atoms in total. The third-order valence-electron chi connectivity index (χ3n) is 6.48. The van der Waals surface area contributed by atoms with E-state index in [2.05, 4.69) is 22.8 Å². The van der Waals surface area contributed by atoms with Gasteiger partial charge in [0.1, 0.15) is 12.6 Å². The molecular formula is C28H28N2O5. The average Bonchev–Trinajstić information content (AvgIpc) is 3.16. The molecule has 4 rings (SSSR count). The van der Waals surface area contributed by atoms with Gasteiger partial charge >= 0.3 is 12.1 Å². The number of carbonyl (C=O) groups excluding carboxylic acids is 2. The van der Waals surface area contributed by atoms with E-state index < -0.39 is 29.4 Å². The fraction of sp³-hybridized carbons (Fsp3) is 0.250. The Morgan fingerprint density at radius 1 is 0.914 bits per heavy atom. The SMILES string of the molecule is C[C@H](NC(=O)OCC1c2ccccc2-c2ccccc21)C(=O)Nc1ccc(C(C)(C)C(=O)O)cc1. The number of amides is 2. The highest BCUT2D eigenvalue weighted by Gasteiger charge is 2.30. The number of hydrogen-bond acceptors (Lipinski definition) is 4. The van der Waals surface area contributed by atoms with E-state index in [1.165, 1.54) is 0 Å². The lowest BCUT2D eigenvalue weighted by molar-refractivity contribution is -0.142. The van der Waals surface area contributed by atoms with E-state index >= 15 is 0 Å². The summed E-state index contributed by atoms with van der Waals surface area (Å²) in [6, 6.07) is 21.9. The van der Waals surface area contributed by atoms with Crippen LogP contribution in [0.15, 0.2) is 72.8 Å². The first-order valence-corrected chi connectivity index (χ1v) is 11.4. The fourth-order valence-corrected chi connectivity index (χ4v) is 4.23. The number of ether oxygens (including phenoxy) is 1. The van der Waals surface area contributed by atoms with Gasteiger partial charge in [-0.3, -0.25) is 9.59 Å². The number of hydrogen-bond donors (Lipinski definition) is 3. The fourth-order valence-electron chi connectivity index (χ4n) is 4.23. The summed E-state index contributed by atoms with van der Waals surface area (Å²) in [5.74, 6) is -1.41. The molecule has 35 heavy (non-hydrogen) atoms. The van der Waals surface area contributed by atoms with Crippen LogP contribution in [0, 0.1) is 0 Å². The van der Waals surface area contributed by atoms with Crippen molar-refractivity contribution in [1.82, 2.24) is 5.32 Å². The van der Waals surface area contributed by atoms with Crippen LogP contribution in [0.25, 0.3) is 11.1 Å². The molecule has 0 aliphatic heterocycles. The molecule has 2 amide bonds. The zero-order chi connectivity index (χ0) is 25.2. The minimum atomic E-state index is -1.04. The van der Waals surface area contributed by atoms with Crippen LogP contribution in [-0.2, 0) is 19.7 Å². The summed E-state index contributed by atoms with van der Waals surface area (Å²) < 4.78 is 5.50. The summed E-state index contributed by atoms with van der Waals surface area (Å²) in [5, 5.41) is 14.6. The number of carbonyl (C=O) groups is 3. The maximum atomic E-state index is 12.6.